The average Bonchev–Trinajstić information content (AvgIpc) is 1.85. The Balaban J connectivity index is 3.50. The molecule has 0 aliphatic carbocycles. The molecule has 0 bridgehead atoms. The lowest BCUT2D eigenvalue weighted by molar-refractivity contribution is 0.104. The fraction of sp³-hybridized carbons (Fsp3) is 1.00. The summed E-state index contributed by atoms with van der Waals surface area (Å²) in [6.07, 6.45) is 0.631. The van der Waals surface area contributed by atoms with Gasteiger partial charge in [-0.2, -0.15) is 0 Å². The van der Waals surface area contributed by atoms with Crippen LogP contribution in [0.1, 0.15) is 27.2 Å². The molecule has 0 aliphatic heterocycles. The first-order chi connectivity index (χ1) is 4.57. The highest BCUT2D eigenvalue weighted by Gasteiger charge is 2.13. The number of hydrogen-bond acceptors (Lipinski definition) is 1. The van der Waals surface area contributed by atoms with Gasteiger partial charge in [-0.05, 0) is 18.3 Å². The Kier molecular flexibility index (Phi) is 5.10. The van der Waals surface area contributed by atoms with Gasteiger partial charge in [-0.15, -0.1) is 11.6 Å². The van der Waals surface area contributed by atoms with Crippen molar-refractivity contribution in [3.8, 4) is 0 Å². The highest BCUT2D eigenvalue weighted by atomic mass is 35.5. The number of aliphatic hydroxyl groups is 1. The van der Waals surface area contributed by atoms with E-state index in [-0.39, 0.29) is 12.0 Å². The number of aliphatic hydroxyl groups excluding tert-OH is 1. The second-order valence-electron chi connectivity index (χ2n) is 3.33. The maximum Gasteiger partial charge on any atom is 0.0579 e. The third kappa shape index (κ3) is 4.13. The van der Waals surface area contributed by atoms with Crippen molar-refractivity contribution in [2.24, 2.45) is 11.8 Å². The van der Waals surface area contributed by atoms with Gasteiger partial charge in [-0.3, -0.25) is 0 Å². The summed E-state index contributed by atoms with van der Waals surface area (Å²) >= 11 is 5.57. The van der Waals surface area contributed by atoms with Gasteiger partial charge < -0.3 is 5.11 Å². The van der Waals surface area contributed by atoms with Gasteiger partial charge in [0.05, 0.1) is 6.10 Å². The molecule has 1 nitrogen and oxygen atoms in total. The topological polar surface area (TPSA) is 20.2 Å². The predicted octanol–water partition coefficient (Wildman–Crippen LogP) is 2.27. The van der Waals surface area contributed by atoms with Crippen LogP contribution in [-0.4, -0.2) is 17.1 Å². The molecule has 0 amide bonds. The van der Waals surface area contributed by atoms with Crippen LogP contribution in [0.4, 0.5) is 0 Å². The summed E-state index contributed by atoms with van der Waals surface area (Å²) in [5, 5.41) is 9.40. The van der Waals surface area contributed by atoms with Gasteiger partial charge in [0.1, 0.15) is 0 Å². The molecule has 1 N–H and O–H groups in total. The summed E-state index contributed by atoms with van der Waals surface area (Å²) in [5.41, 5.74) is 0. The van der Waals surface area contributed by atoms with E-state index in [1.54, 1.807) is 0 Å². The van der Waals surface area contributed by atoms with E-state index in [4.69, 9.17) is 11.6 Å². The third-order valence-electron chi connectivity index (χ3n) is 1.61. The monoisotopic (exact) mass is 164 g/mol. The molecule has 0 aromatic rings. The van der Waals surface area contributed by atoms with E-state index in [0.717, 1.165) is 6.42 Å². The molecule has 2 unspecified atom stereocenters. The lowest BCUT2D eigenvalue weighted by atomic mass is 9.97. The smallest absolute Gasteiger partial charge is 0.0579 e. The molecule has 0 saturated carbocycles. The van der Waals surface area contributed by atoms with Crippen LogP contribution in [0.25, 0.3) is 0 Å². The Morgan fingerprint density at radius 2 is 1.80 bits per heavy atom. The van der Waals surface area contributed by atoms with Gasteiger partial charge in [0.2, 0.25) is 0 Å². The van der Waals surface area contributed by atoms with Gasteiger partial charge in [0.15, 0.2) is 0 Å². The van der Waals surface area contributed by atoms with E-state index in [2.05, 4.69) is 13.8 Å². The molecule has 0 aromatic heterocycles. The van der Waals surface area contributed by atoms with Gasteiger partial charge in [0, 0.05) is 5.88 Å². The van der Waals surface area contributed by atoms with Crippen LogP contribution in [0, 0.1) is 11.8 Å². The fourth-order valence-electron chi connectivity index (χ4n) is 0.818. The molecule has 0 fully saturated rings. The SMILES string of the molecule is CC(C)CC(O)C(C)CCl. The van der Waals surface area contributed by atoms with E-state index in [1.165, 1.54) is 0 Å². The second-order valence-corrected chi connectivity index (χ2v) is 3.64. The quantitative estimate of drug-likeness (QED) is 0.633. The third-order valence-corrected chi connectivity index (χ3v) is 2.10. The molecule has 0 radical (unpaired) electrons. The number of hydrogen-bond donors (Lipinski definition) is 1. The Hall–Kier alpha value is 0.250. The average molecular weight is 165 g/mol. The van der Waals surface area contributed by atoms with Gasteiger partial charge in [0.25, 0.3) is 0 Å². The van der Waals surface area contributed by atoms with Crippen molar-refractivity contribution in [2.45, 2.75) is 33.3 Å². The van der Waals surface area contributed by atoms with Gasteiger partial charge in [-0.25, -0.2) is 0 Å². The molecular formula is C8H17ClO. The van der Waals surface area contributed by atoms with Crippen LogP contribution < -0.4 is 0 Å². The van der Waals surface area contributed by atoms with Crippen molar-refractivity contribution in [1.82, 2.24) is 0 Å². The molecule has 10 heavy (non-hydrogen) atoms. The standard InChI is InChI=1S/C8H17ClO/c1-6(2)4-8(10)7(3)5-9/h6-8,10H,4-5H2,1-3H3. The molecule has 0 rings (SSSR count). The maximum atomic E-state index is 9.40. The van der Waals surface area contributed by atoms with Gasteiger partial charge in [-0.1, -0.05) is 20.8 Å². The molecule has 2 heteroatoms. The lowest BCUT2D eigenvalue weighted by Gasteiger charge is -2.17. The molecule has 2 atom stereocenters. The summed E-state index contributed by atoms with van der Waals surface area (Å²) < 4.78 is 0. The van der Waals surface area contributed by atoms with Crippen molar-refractivity contribution in [3.05, 3.63) is 0 Å². The number of rotatable bonds is 4. The first-order valence-corrected chi connectivity index (χ1v) is 4.35. The molecule has 0 spiro atoms. The van der Waals surface area contributed by atoms with Crippen molar-refractivity contribution in [2.75, 3.05) is 5.88 Å². The zero-order valence-corrected chi connectivity index (χ0v) is 7.73. The van der Waals surface area contributed by atoms with Crippen LogP contribution in [0.15, 0.2) is 0 Å². The van der Waals surface area contributed by atoms with Crippen molar-refractivity contribution in [3.63, 3.8) is 0 Å². The Morgan fingerprint density at radius 1 is 1.30 bits per heavy atom. The van der Waals surface area contributed by atoms with Crippen molar-refractivity contribution in [1.29, 1.82) is 0 Å². The van der Waals surface area contributed by atoms with Crippen LogP contribution in [0.5, 0.6) is 0 Å². The van der Waals surface area contributed by atoms with Crippen LogP contribution in [-0.2, 0) is 0 Å². The minimum absolute atomic E-state index is 0.225. The van der Waals surface area contributed by atoms with Crippen LogP contribution >= 0.6 is 11.6 Å². The lowest BCUT2D eigenvalue weighted by Crippen LogP contribution is -2.20. The molecule has 62 valence electrons. The highest BCUT2D eigenvalue weighted by molar-refractivity contribution is 6.18. The summed E-state index contributed by atoms with van der Waals surface area (Å²) in [7, 11) is 0. The molecule has 0 aromatic carbocycles. The zero-order valence-electron chi connectivity index (χ0n) is 6.97. The van der Waals surface area contributed by atoms with E-state index < -0.39 is 0 Å². The van der Waals surface area contributed by atoms with E-state index in [0.29, 0.717) is 11.8 Å². The Bertz CT molecular complexity index is 83.3. The van der Waals surface area contributed by atoms with Crippen molar-refractivity contribution < 1.29 is 5.11 Å². The molecule has 0 heterocycles. The molecular weight excluding hydrogens is 148 g/mol. The first-order valence-electron chi connectivity index (χ1n) is 3.82. The number of halogens is 1. The van der Waals surface area contributed by atoms with E-state index in [9.17, 15) is 5.11 Å². The van der Waals surface area contributed by atoms with Crippen molar-refractivity contribution >= 4 is 11.6 Å². The summed E-state index contributed by atoms with van der Waals surface area (Å²) in [6.45, 7) is 6.17. The molecule has 0 saturated heterocycles. The Labute approximate surface area is 68.4 Å². The summed E-state index contributed by atoms with van der Waals surface area (Å²) in [4.78, 5) is 0. The molecule has 0 aliphatic rings. The fourth-order valence-corrected chi connectivity index (χ4v) is 1.02. The minimum atomic E-state index is -0.225. The number of alkyl halides is 1. The minimum Gasteiger partial charge on any atom is -0.393 e. The summed E-state index contributed by atoms with van der Waals surface area (Å²) in [5.74, 6) is 1.33. The highest BCUT2D eigenvalue weighted by Crippen LogP contribution is 2.13. The normalized spacial score (nSPS) is 17.4. The Morgan fingerprint density at radius 3 is 2.10 bits per heavy atom. The second kappa shape index (κ2) is 4.97. The van der Waals surface area contributed by atoms with E-state index in [1.807, 2.05) is 6.92 Å². The zero-order chi connectivity index (χ0) is 8.15. The first kappa shape index (κ1) is 10.2. The van der Waals surface area contributed by atoms with Crippen LogP contribution in [0.3, 0.4) is 0 Å². The largest absolute Gasteiger partial charge is 0.393 e. The van der Waals surface area contributed by atoms with Gasteiger partial charge >= 0.3 is 0 Å². The van der Waals surface area contributed by atoms with E-state index >= 15 is 0 Å². The maximum absolute atomic E-state index is 9.40. The summed E-state index contributed by atoms with van der Waals surface area (Å²) in [6, 6.07) is 0. The van der Waals surface area contributed by atoms with Crippen LogP contribution in [0.2, 0.25) is 0 Å². The predicted molar refractivity (Wildman–Crippen MR) is 45.3 cm³/mol.